The second kappa shape index (κ2) is 7.28. The summed E-state index contributed by atoms with van der Waals surface area (Å²) in [6, 6.07) is 4.47. The van der Waals surface area contributed by atoms with Gasteiger partial charge in [0.15, 0.2) is 11.5 Å². The van der Waals surface area contributed by atoms with E-state index in [0.29, 0.717) is 17.1 Å². The molecule has 0 bridgehead atoms. The lowest BCUT2D eigenvalue weighted by atomic mass is 10.0. The molecular formula is C15H23NO5. The van der Waals surface area contributed by atoms with Crippen LogP contribution in [-0.4, -0.2) is 44.6 Å². The first kappa shape index (κ1) is 17.3. The Labute approximate surface area is 125 Å². The van der Waals surface area contributed by atoms with Crippen LogP contribution in [0.3, 0.4) is 0 Å². The molecule has 0 spiro atoms. The number of methoxy groups -OCH3 is 3. The summed E-state index contributed by atoms with van der Waals surface area (Å²) in [5.41, 5.74) is 0.0347. The quantitative estimate of drug-likeness (QED) is 0.738. The number of carbonyl (C=O) groups is 1. The molecule has 1 rings (SSSR count). The number of aliphatic hydroxyl groups is 1. The zero-order chi connectivity index (χ0) is 16.0. The van der Waals surface area contributed by atoms with Crippen molar-refractivity contribution in [3.63, 3.8) is 0 Å². The van der Waals surface area contributed by atoms with Crippen molar-refractivity contribution in [1.29, 1.82) is 0 Å². The van der Waals surface area contributed by atoms with Gasteiger partial charge in [-0.15, -0.1) is 0 Å². The third-order valence-corrected chi connectivity index (χ3v) is 3.11. The summed E-state index contributed by atoms with van der Waals surface area (Å²) in [6.45, 7) is 3.47. The fourth-order valence-corrected chi connectivity index (χ4v) is 1.86. The van der Waals surface area contributed by atoms with E-state index >= 15 is 0 Å². The molecule has 118 valence electrons. The summed E-state index contributed by atoms with van der Waals surface area (Å²) in [5, 5.41) is 12.4. The summed E-state index contributed by atoms with van der Waals surface area (Å²) in [7, 11) is 4.39. The predicted octanol–water partition coefficient (Wildman–Crippen LogP) is 1.28. The Kier molecular flexibility index (Phi) is 5.99. The predicted molar refractivity (Wildman–Crippen MR) is 78.6 cm³/mol. The van der Waals surface area contributed by atoms with Gasteiger partial charge in [0.05, 0.1) is 27.9 Å². The molecule has 0 aliphatic heterocycles. The van der Waals surface area contributed by atoms with Gasteiger partial charge in [-0.2, -0.15) is 0 Å². The van der Waals surface area contributed by atoms with E-state index < -0.39 is 17.6 Å². The van der Waals surface area contributed by atoms with Crippen LogP contribution in [0.15, 0.2) is 18.2 Å². The van der Waals surface area contributed by atoms with Gasteiger partial charge in [-0.25, -0.2) is 4.79 Å². The summed E-state index contributed by atoms with van der Waals surface area (Å²) >= 11 is 0. The van der Waals surface area contributed by atoms with Gasteiger partial charge < -0.3 is 19.3 Å². The lowest BCUT2D eigenvalue weighted by molar-refractivity contribution is -0.144. The minimum atomic E-state index is -0.711. The molecule has 1 atom stereocenters. The van der Waals surface area contributed by atoms with Crippen molar-refractivity contribution >= 4 is 5.97 Å². The lowest BCUT2D eigenvalue weighted by Gasteiger charge is -2.29. The Morgan fingerprint density at radius 3 is 2.33 bits per heavy atom. The van der Waals surface area contributed by atoms with Crippen LogP contribution in [0.25, 0.3) is 0 Å². The zero-order valence-corrected chi connectivity index (χ0v) is 13.1. The minimum absolute atomic E-state index is 0.117. The molecule has 0 amide bonds. The molecule has 2 N–H and O–H groups in total. The highest BCUT2D eigenvalue weighted by Crippen LogP contribution is 2.31. The van der Waals surface area contributed by atoms with Crippen LogP contribution >= 0.6 is 0 Å². The monoisotopic (exact) mass is 297 g/mol. The molecule has 6 nitrogen and oxygen atoms in total. The molecule has 0 aliphatic carbocycles. The molecular weight excluding hydrogens is 274 g/mol. The van der Waals surface area contributed by atoms with Gasteiger partial charge in [0.25, 0.3) is 0 Å². The maximum atomic E-state index is 12.0. The summed E-state index contributed by atoms with van der Waals surface area (Å²) in [5.74, 6) is 0.655. The number of ether oxygens (including phenoxy) is 3. The van der Waals surface area contributed by atoms with Gasteiger partial charge in [0.2, 0.25) is 0 Å². The minimum Gasteiger partial charge on any atom is -0.493 e. The number of aliphatic hydroxyl groups excluding tert-OH is 1. The van der Waals surface area contributed by atoms with Crippen molar-refractivity contribution in [3.8, 4) is 11.5 Å². The van der Waals surface area contributed by atoms with Crippen molar-refractivity contribution < 1.29 is 24.1 Å². The second-order valence-corrected chi connectivity index (χ2v) is 5.26. The third-order valence-electron chi connectivity index (χ3n) is 3.11. The fraction of sp³-hybridized carbons (Fsp3) is 0.533. The lowest BCUT2D eigenvalue weighted by Crippen LogP contribution is -2.47. The smallest absolute Gasteiger partial charge is 0.327 e. The summed E-state index contributed by atoms with van der Waals surface area (Å²) < 4.78 is 15.3. The van der Waals surface area contributed by atoms with Crippen LogP contribution in [0, 0.1) is 0 Å². The van der Waals surface area contributed by atoms with Crippen molar-refractivity contribution in [2.24, 2.45) is 0 Å². The number of hydrogen-bond acceptors (Lipinski definition) is 6. The van der Waals surface area contributed by atoms with Gasteiger partial charge in [0, 0.05) is 5.54 Å². The molecule has 0 fully saturated rings. The SMILES string of the molecule is COC(=O)C(NC(C)(C)CO)c1ccc(OC)c(OC)c1. The fourth-order valence-electron chi connectivity index (χ4n) is 1.86. The van der Waals surface area contributed by atoms with Crippen LogP contribution in [0.2, 0.25) is 0 Å². The number of benzene rings is 1. The Hall–Kier alpha value is -1.79. The van der Waals surface area contributed by atoms with Crippen molar-refractivity contribution in [2.75, 3.05) is 27.9 Å². The average Bonchev–Trinajstić information content (AvgIpc) is 2.51. The Morgan fingerprint density at radius 2 is 1.86 bits per heavy atom. The van der Waals surface area contributed by atoms with Crippen molar-refractivity contribution in [3.05, 3.63) is 23.8 Å². The van der Waals surface area contributed by atoms with Gasteiger partial charge in [-0.05, 0) is 31.5 Å². The largest absolute Gasteiger partial charge is 0.493 e. The van der Waals surface area contributed by atoms with E-state index in [1.807, 2.05) is 0 Å². The number of rotatable bonds is 7. The van der Waals surface area contributed by atoms with E-state index in [1.165, 1.54) is 14.2 Å². The second-order valence-electron chi connectivity index (χ2n) is 5.26. The first-order chi connectivity index (χ1) is 9.88. The molecule has 21 heavy (non-hydrogen) atoms. The highest BCUT2D eigenvalue weighted by molar-refractivity contribution is 5.78. The molecule has 1 aromatic carbocycles. The topological polar surface area (TPSA) is 77.0 Å². The van der Waals surface area contributed by atoms with Crippen molar-refractivity contribution in [2.45, 2.75) is 25.4 Å². The first-order valence-corrected chi connectivity index (χ1v) is 6.57. The van der Waals surface area contributed by atoms with Crippen LogP contribution in [0.4, 0.5) is 0 Å². The molecule has 1 aromatic rings. The van der Waals surface area contributed by atoms with E-state index in [-0.39, 0.29) is 6.61 Å². The van der Waals surface area contributed by atoms with Gasteiger partial charge in [-0.3, -0.25) is 5.32 Å². The van der Waals surface area contributed by atoms with E-state index in [9.17, 15) is 9.90 Å². The van der Waals surface area contributed by atoms with Crippen molar-refractivity contribution in [1.82, 2.24) is 5.32 Å². The van der Waals surface area contributed by atoms with E-state index in [0.717, 1.165) is 0 Å². The van der Waals surface area contributed by atoms with Gasteiger partial charge in [-0.1, -0.05) is 6.07 Å². The highest BCUT2D eigenvalue weighted by Gasteiger charge is 2.29. The molecule has 0 aromatic heterocycles. The average molecular weight is 297 g/mol. The summed E-state index contributed by atoms with van der Waals surface area (Å²) in [4.78, 5) is 12.0. The Balaban J connectivity index is 3.17. The van der Waals surface area contributed by atoms with Crippen LogP contribution in [0.5, 0.6) is 11.5 Å². The number of nitrogens with one attached hydrogen (secondary N) is 1. The number of hydrogen-bond donors (Lipinski definition) is 2. The van der Waals surface area contributed by atoms with Crippen LogP contribution < -0.4 is 14.8 Å². The molecule has 0 aliphatic rings. The summed E-state index contributed by atoms with van der Waals surface area (Å²) in [6.07, 6.45) is 0. The maximum absolute atomic E-state index is 12.0. The zero-order valence-electron chi connectivity index (χ0n) is 13.1. The molecule has 0 radical (unpaired) electrons. The third kappa shape index (κ3) is 4.34. The Bertz CT molecular complexity index is 487. The van der Waals surface area contributed by atoms with E-state index in [4.69, 9.17) is 14.2 Å². The number of carbonyl (C=O) groups excluding carboxylic acids is 1. The number of esters is 1. The molecule has 6 heteroatoms. The molecule has 0 saturated carbocycles. The van der Waals surface area contributed by atoms with Crippen LogP contribution in [-0.2, 0) is 9.53 Å². The van der Waals surface area contributed by atoms with Gasteiger partial charge in [0.1, 0.15) is 6.04 Å². The normalized spacial score (nSPS) is 12.7. The van der Waals surface area contributed by atoms with E-state index in [2.05, 4.69) is 5.32 Å². The Morgan fingerprint density at radius 1 is 1.24 bits per heavy atom. The maximum Gasteiger partial charge on any atom is 0.327 e. The standard InChI is InChI=1S/C15H23NO5/c1-15(2,9-17)16-13(14(18)21-5)10-6-7-11(19-3)12(8-10)20-4/h6-8,13,16-17H,9H2,1-5H3. The highest BCUT2D eigenvalue weighted by atomic mass is 16.5. The van der Waals surface area contributed by atoms with Crippen LogP contribution in [0.1, 0.15) is 25.5 Å². The van der Waals surface area contributed by atoms with E-state index in [1.54, 1.807) is 39.2 Å². The molecule has 1 unspecified atom stereocenters. The molecule has 0 saturated heterocycles. The first-order valence-electron chi connectivity index (χ1n) is 6.57. The molecule has 0 heterocycles. The van der Waals surface area contributed by atoms with Gasteiger partial charge >= 0.3 is 5.97 Å².